The van der Waals surface area contributed by atoms with Gasteiger partial charge in [-0.2, -0.15) is 10.4 Å². The smallest absolute Gasteiger partial charge is 0.267 e. The van der Waals surface area contributed by atoms with Gasteiger partial charge in [-0.3, -0.25) is 14.3 Å². The SMILES string of the molecule is Cc1nn(Cc2ccc(C#N)cc2)c(C)c1-c1c(C(N)=O)nc2ccc(F)cc2c1C(N)=O. The molecule has 0 atom stereocenters. The molecule has 0 aliphatic heterocycles. The van der Waals surface area contributed by atoms with Crippen LogP contribution in [0.3, 0.4) is 0 Å². The molecule has 2 heterocycles. The molecule has 0 radical (unpaired) electrons. The van der Waals surface area contributed by atoms with Crippen LogP contribution in [0.25, 0.3) is 22.0 Å². The molecule has 0 saturated heterocycles. The predicted molar refractivity (Wildman–Crippen MR) is 120 cm³/mol. The van der Waals surface area contributed by atoms with E-state index in [4.69, 9.17) is 16.7 Å². The van der Waals surface area contributed by atoms with Crippen molar-refractivity contribution in [2.75, 3.05) is 0 Å². The Hall–Kier alpha value is -4.58. The normalized spacial score (nSPS) is 10.8. The number of aromatic nitrogens is 3. The Bertz CT molecular complexity index is 1480. The molecule has 9 heteroatoms. The van der Waals surface area contributed by atoms with Gasteiger partial charge in [-0.25, -0.2) is 9.37 Å². The average Bonchev–Trinajstić information content (AvgIpc) is 3.05. The zero-order valence-electron chi connectivity index (χ0n) is 17.9. The fraction of sp³-hybridized carbons (Fsp3) is 0.125. The zero-order chi connectivity index (χ0) is 23.9. The first-order valence-electron chi connectivity index (χ1n) is 9.97. The number of nitrogens with two attached hydrogens (primary N) is 2. The lowest BCUT2D eigenvalue weighted by atomic mass is 9.92. The van der Waals surface area contributed by atoms with E-state index in [-0.39, 0.29) is 27.7 Å². The maximum Gasteiger partial charge on any atom is 0.267 e. The Balaban J connectivity index is 1.97. The van der Waals surface area contributed by atoms with Crippen molar-refractivity contribution in [2.24, 2.45) is 11.5 Å². The minimum atomic E-state index is -0.850. The van der Waals surface area contributed by atoms with Crippen LogP contribution in [-0.4, -0.2) is 26.6 Å². The van der Waals surface area contributed by atoms with E-state index in [2.05, 4.69) is 16.2 Å². The number of amides is 2. The minimum Gasteiger partial charge on any atom is -0.366 e. The van der Waals surface area contributed by atoms with Crippen LogP contribution < -0.4 is 11.5 Å². The average molecular weight is 442 g/mol. The second kappa shape index (κ2) is 8.16. The van der Waals surface area contributed by atoms with Gasteiger partial charge in [-0.15, -0.1) is 0 Å². The van der Waals surface area contributed by atoms with E-state index in [1.54, 1.807) is 30.7 Å². The van der Waals surface area contributed by atoms with Crippen molar-refractivity contribution in [1.29, 1.82) is 5.26 Å². The largest absolute Gasteiger partial charge is 0.366 e. The van der Waals surface area contributed by atoms with Crippen LogP contribution in [0.2, 0.25) is 0 Å². The summed E-state index contributed by atoms with van der Waals surface area (Å²) in [5.74, 6) is -2.27. The predicted octanol–water partition coefficient (Wildman–Crippen LogP) is 2.97. The molecule has 4 aromatic rings. The molecular formula is C24H19FN6O2. The van der Waals surface area contributed by atoms with E-state index in [0.29, 0.717) is 29.1 Å². The molecule has 0 saturated carbocycles. The number of nitrogens with zero attached hydrogens (tertiary/aromatic N) is 4. The molecule has 0 aliphatic rings. The van der Waals surface area contributed by atoms with E-state index >= 15 is 0 Å². The molecule has 2 amide bonds. The number of hydrogen-bond donors (Lipinski definition) is 2. The second-order valence-corrected chi connectivity index (χ2v) is 7.61. The Labute approximate surface area is 188 Å². The Kier molecular flexibility index (Phi) is 5.35. The highest BCUT2D eigenvalue weighted by molar-refractivity contribution is 6.15. The van der Waals surface area contributed by atoms with Gasteiger partial charge < -0.3 is 11.5 Å². The molecule has 4 N–H and O–H groups in total. The van der Waals surface area contributed by atoms with Crippen molar-refractivity contribution in [3.63, 3.8) is 0 Å². The van der Waals surface area contributed by atoms with Gasteiger partial charge >= 0.3 is 0 Å². The quantitative estimate of drug-likeness (QED) is 0.489. The maximum atomic E-state index is 14.0. The molecule has 0 spiro atoms. The zero-order valence-corrected chi connectivity index (χ0v) is 17.9. The van der Waals surface area contributed by atoms with Gasteiger partial charge in [0.2, 0.25) is 5.91 Å². The first-order valence-corrected chi connectivity index (χ1v) is 9.97. The van der Waals surface area contributed by atoms with Crippen molar-refractivity contribution in [2.45, 2.75) is 20.4 Å². The Morgan fingerprint density at radius 3 is 2.36 bits per heavy atom. The van der Waals surface area contributed by atoms with E-state index < -0.39 is 17.6 Å². The number of aryl methyl sites for hydroxylation is 1. The second-order valence-electron chi connectivity index (χ2n) is 7.61. The molecule has 8 nitrogen and oxygen atoms in total. The summed E-state index contributed by atoms with van der Waals surface area (Å²) in [6, 6.07) is 12.8. The Morgan fingerprint density at radius 2 is 1.76 bits per heavy atom. The molecule has 4 rings (SSSR count). The third kappa shape index (κ3) is 3.78. The summed E-state index contributed by atoms with van der Waals surface area (Å²) >= 11 is 0. The van der Waals surface area contributed by atoms with Crippen LogP contribution in [0.5, 0.6) is 0 Å². The molecule has 0 fully saturated rings. The van der Waals surface area contributed by atoms with Gasteiger partial charge in [0, 0.05) is 22.2 Å². The highest BCUT2D eigenvalue weighted by atomic mass is 19.1. The lowest BCUT2D eigenvalue weighted by Crippen LogP contribution is -2.21. The summed E-state index contributed by atoms with van der Waals surface area (Å²) in [6.45, 7) is 3.89. The van der Waals surface area contributed by atoms with Crippen LogP contribution in [-0.2, 0) is 6.54 Å². The van der Waals surface area contributed by atoms with Gasteiger partial charge in [-0.1, -0.05) is 12.1 Å². The number of fused-ring (bicyclic) bond motifs is 1. The number of carbonyl (C=O) groups is 2. The third-order valence-electron chi connectivity index (χ3n) is 5.47. The first kappa shape index (κ1) is 21.6. The van der Waals surface area contributed by atoms with Gasteiger partial charge in [-0.05, 0) is 49.7 Å². The molecule has 2 aromatic heterocycles. The summed E-state index contributed by atoms with van der Waals surface area (Å²) in [7, 11) is 0. The lowest BCUT2D eigenvalue weighted by molar-refractivity contribution is 0.0996. The van der Waals surface area contributed by atoms with Crippen molar-refractivity contribution in [3.8, 4) is 17.2 Å². The molecule has 0 aliphatic carbocycles. The van der Waals surface area contributed by atoms with Gasteiger partial charge in [0.15, 0.2) is 0 Å². The summed E-state index contributed by atoms with van der Waals surface area (Å²) in [5.41, 5.74) is 14.6. The number of primary amides is 2. The number of pyridine rings is 1. The minimum absolute atomic E-state index is 0.0441. The number of carbonyl (C=O) groups excluding carboxylic acids is 2. The Morgan fingerprint density at radius 1 is 1.06 bits per heavy atom. The fourth-order valence-corrected chi connectivity index (χ4v) is 3.98. The van der Waals surface area contributed by atoms with Gasteiger partial charge in [0.1, 0.15) is 11.5 Å². The molecule has 33 heavy (non-hydrogen) atoms. The van der Waals surface area contributed by atoms with Crippen molar-refractivity contribution < 1.29 is 14.0 Å². The number of hydrogen-bond acceptors (Lipinski definition) is 5. The number of rotatable bonds is 5. The van der Waals surface area contributed by atoms with E-state index in [1.807, 2.05) is 12.1 Å². The van der Waals surface area contributed by atoms with Gasteiger partial charge in [0.05, 0.1) is 35.0 Å². The van der Waals surface area contributed by atoms with E-state index in [0.717, 1.165) is 11.6 Å². The first-order chi connectivity index (χ1) is 15.7. The number of nitriles is 1. The summed E-state index contributed by atoms with van der Waals surface area (Å²) < 4.78 is 15.7. The number of benzene rings is 2. The molecule has 2 aromatic carbocycles. The summed E-state index contributed by atoms with van der Waals surface area (Å²) in [6.07, 6.45) is 0. The van der Waals surface area contributed by atoms with Crippen LogP contribution in [0, 0.1) is 31.0 Å². The topological polar surface area (TPSA) is 141 Å². The van der Waals surface area contributed by atoms with Crippen molar-refractivity contribution in [1.82, 2.24) is 14.8 Å². The monoisotopic (exact) mass is 442 g/mol. The summed E-state index contributed by atoms with van der Waals surface area (Å²) in [5, 5.41) is 13.7. The summed E-state index contributed by atoms with van der Waals surface area (Å²) in [4.78, 5) is 29.2. The van der Waals surface area contributed by atoms with E-state index in [9.17, 15) is 14.0 Å². The molecular weight excluding hydrogens is 423 g/mol. The van der Waals surface area contributed by atoms with Crippen LogP contribution >= 0.6 is 0 Å². The molecule has 0 bridgehead atoms. The molecule has 164 valence electrons. The van der Waals surface area contributed by atoms with Crippen molar-refractivity contribution in [3.05, 3.63) is 82.1 Å². The van der Waals surface area contributed by atoms with Crippen molar-refractivity contribution >= 4 is 22.7 Å². The standard InChI is InChI=1S/C24H19FN6O2/c1-12-19(13(2)31(30-12)11-15-5-3-14(10-26)4-6-15)21-20(23(27)32)17-9-16(25)7-8-18(17)29-22(21)24(28)33/h3-9H,11H2,1-2H3,(H2,27,32)(H2,28,33). The van der Waals surface area contributed by atoms with E-state index in [1.165, 1.54) is 12.1 Å². The third-order valence-corrected chi connectivity index (χ3v) is 5.47. The van der Waals surface area contributed by atoms with Crippen LogP contribution in [0.4, 0.5) is 4.39 Å². The maximum absolute atomic E-state index is 14.0. The van der Waals surface area contributed by atoms with Gasteiger partial charge in [0.25, 0.3) is 5.91 Å². The lowest BCUT2D eigenvalue weighted by Gasteiger charge is -2.15. The molecule has 0 unspecified atom stereocenters. The highest BCUT2D eigenvalue weighted by Crippen LogP contribution is 2.36. The highest BCUT2D eigenvalue weighted by Gasteiger charge is 2.27. The fourth-order valence-electron chi connectivity index (χ4n) is 3.98. The number of halogens is 1. The van der Waals surface area contributed by atoms with Crippen LogP contribution in [0.15, 0.2) is 42.5 Å². The van der Waals surface area contributed by atoms with Crippen LogP contribution in [0.1, 0.15) is 43.4 Å².